The summed E-state index contributed by atoms with van der Waals surface area (Å²) < 4.78 is 61.0. The van der Waals surface area contributed by atoms with Gasteiger partial charge in [0.2, 0.25) is 0 Å². The first-order valence-corrected chi connectivity index (χ1v) is 12.9. The largest absolute Gasteiger partial charge is 0.496 e. The Labute approximate surface area is 215 Å². The van der Waals surface area contributed by atoms with Crippen LogP contribution in [0.1, 0.15) is 18.4 Å². The maximum absolute atomic E-state index is 16.2. The van der Waals surface area contributed by atoms with Gasteiger partial charge in [-0.2, -0.15) is 5.10 Å². The third kappa shape index (κ3) is 4.66. The molecule has 1 saturated heterocycles. The Morgan fingerprint density at radius 3 is 2.49 bits per heavy atom. The molecule has 1 aromatic carbocycles. The van der Waals surface area contributed by atoms with Gasteiger partial charge in [0.1, 0.15) is 17.1 Å². The minimum Gasteiger partial charge on any atom is -0.496 e. The molecule has 0 saturated carbocycles. The summed E-state index contributed by atoms with van der Waals surface area (Å²) in [5.41, 5.74) is 0.569. The molecular formula is C25H28F2N6O3S. The number of rotatable bonds is 7. The Morgan fingerprint density at radius 2 is 1.84 bits per heavy atom. The highest BCUT2D eigenvalue weighted by atomic mass is 32.2. The normalized spacial score (nSPS) is 16.6. The number of aryl methyl sites for hydroxylation is 1. The van der Waals surface area contributed by atoms with Gasteiger partial charge in [0.15, 0.2) is 22.6 Å². The number of aromatic nitrogens is 4. The summed E-state index contributed by atoms with van der Waals surface area (Å²) in [6.07, 6.45) is 7.00. The van der Waals surface area contributed by atoms with E-state index in [1.165, 1.54) is 31.2 Å². The molecule has 1 fully saturated rings. The van der Waals surface area contributed by atoms with Crippen LogP contribution in [0.5, 0.6) is 11.5 Å². The average Bonchev–Trinajstić information content (AvgIpc) is 3.51. The number of halogens is 2. The zero-order chi connectivity index (χ0) is 26.3. The molecule has 196 valence electrons. The van der Waals surface area contributed by atoms with Crippen molar-refractivity contribution in [1.29, 1.82) is 0 Å². The fraction of sp³-hybridized carbons (Fsp3) is 0.360. The Bertz CT molecular complexity index is 1480. The van der Waals surface area contributed by atoms with E-state index in [9.17, 15) is 4.21 Å². The Kier molecular flexibility index (Phi) is 6.63. The van der Waals surface area contributed by atoms with Gasteiger partial charge in [0, 0.05) is 49.7 Å². The van der Waals surface area contributed by atoms with E-state index < -0.39 is 22.5 Å². The molecule has 1 atom stereocenters. The third-order valence-corrected chi connectivity index (χ3v) is 7.78. The predicted octanol–water partition coefficient (Wildman–Crippen LogP) is 3.92. The first-order chi connectivity index (χ1) is 17.7. The van der Waals surface area contributed by atoms with Gasteiger partial charge in [-0.25, -0.2) is 18.0 Å². The first-order valence-electron chi connectivity index (χ1n) is 11.7. The highest BCUT2D eigenvalue weighted by Gasteiger charge is 2.38. The lowest BCUT2D eigenvalue weighted by Gasteiger charge is -2.35. The summed E-state index contributed by atoms with van der Waals surface area (Å²) in [5, 5.41) is 4.03. The Hall–Kier alpha value is -3.51. The van der Waals surface area contributed by atoms with E-state index in [2.05, 4.69) is 19.7 Å². The van der Waals surface area contributed by atoms with Gasteiger partial charge in [0.05, 0.1) is 42.9 Å². The Morgan fingerprint density at radius 1 is 1.08 bits per heavy atom. The number of piperidine rings is 1. The minimum absolute atomic E-state index is 0.0776. The van der Waals surface area contributed by atoms with Crippen LogP contribution in [0.4, 0.5) is 14.5 Å². The fourth-order valence-electron chi connectivity index (χ4n) is 4.64. The molecule has 0 bridgehead atoms. The van der Waals surface area contributed by atoms with Crippen LogP contribution in [0.3, 0.4) is 0 Å². The van der Waals surface area contributed by atoms with Crippen molar-refractivity contribution >= 4 is 22.3 Å². The number of nitrogens with zero attached hydrogens (tertiary/aromatic N) is 5. The Balaban J connectivity index is 1.59. The second kappa shape index (κ2) is 9.75. The molecule has 0 amide bonds. The van der Waals surface area contributed by atoms with Crippen LogP contribution in [-0.4, -0.2) is 62.6 Å². The van der Waals surface area contributed by atoms with Crippen LogP contribution >= 0.6 is 0 Å². The molecule has 0 radical (unpaired) electrons. The topological polar surface area (TPSA) is 85.9 Å². The van der Waals surface area contributed by atoms with Crippen molar-refractivity contribution in [2.75, 3.05) is 39.1 Å². The van der Waals surface area contributed by atoms with Crippen LogP contribution in [0.2, 0.25) is 0 Å². The molecule has 9 nitrogen and oxygen atoms in total. The first kappa shape index (κ1) is 25.2. The van der Waals surface area contributed by atoms with Crippen molar-refractivity contribution < 1.29 is 22.5 Å². The van der Waals surface area contributed by atoms with Crippen LogP contribution < -0.4 is 14.2 Å². The average molecular weight is 531 g/mol. The standard InChI is InChI=1S/C25H28F2N6O3S/c1-31-7-5-25(27,6-8-31)18-15-33-21(13-28-23(33)11-22(18)35-3)16-9-19(26)24(36-4)20(10-16)30-37(34)17-12-29-32(2)14-17/h9-15,30H,5-8H2,1-4H3. The fourth-order valence-corrected chi connectivity index (χ4v) is 5.50. The molecule has 4 aromatic rings. The lowest BCUT2D eigenvalue weighted by Crippen LogP contribution is -2.38. The summed E-state index contributed by atoms with van der Waals surface area (Å²) >= 11 is 0. The summed E-state index contributed by atoms with van der Waals surface area (Å²) in [4.78, 5) is 6.96. The van der Waals surface area contributed by atoms with E-state index in [-0.39, 0.29) is 11.4 Å². The van der Waals surface area contributed by atoms with Crippen LogP contribution in [-0.2, 0) is 23.7 Å². The lowest BCUT2D eigenvalue weighted by molar-refractivity contribution is 0.0646. The molecule has 0 aliphatic carbocycles. The zero-order valence-corrected chi connectivity index (χ0v) is 21.8. The second-order valence-corrected chi connectivity index (χ2v) is 10.4. The van der Waals surface area contributed by atoms with Gasteiger partial charge in [-0.1, -0.05) is 0 Å². The van der Waals surface area contributed by atoms with Crippen molar-refractivity contribution in [3.8, 4) is 22.8 Å². The maximum atomic E-state index is 16.2. The number of hydrogen-bond acceptors (Lipinski definition) is 6. The predicted molar refractivity (Wildman–Crippen MR) is 136 cm³/mol. The molecule has 12 heteroatoms. The monoisotopic (exact) mass is 530 g/mol. The van der Waals surface area contributed by atoms with Crippen LogP contribution in [0.15, 0.2) is 47.9 Å². The van der Waals surface area contributed by atoms with Gasteiger partial charge in [-0.05, 0) is 32.0 Å². The number of alkyl halides is 1. The molecule has 1 aliphatic heterocycles. The zero-order valence-electron chi connectivity index (χ0n) is 21.0. The molecule has 1 unspecified atom stereocenters. The molecule has 37 heavy (non-hydrogen) atoms. The van der Waals surface area contributed by atoms with E-state index in [1.54, 1.807) is 42.2 Å². The van der Waals surface area contributed by atoms with Gasteiger partial charge in [0.25, 0.3) is 0 Å². The van der Waals surface area contributed by atoms with Gasteiger partial charge < -0.3 is 14.4 Å². The summed E-state index contributed by atoms with van der Waals surface area (Å²) in [5.74, 6) is -0.301. The number of imidazole rings is 1. The van der Waals surface area contributed by atoms with E-state index in [0.29, 0.717) is 59.0 Å². The van der Waals surface area contributed by atoms with E-state index in [0.717, 1.165) is 0 Å². The molecular weight excluding hydrogens is 502 g/mol. The van der Waals surface area contributed by atoms with Gasteiger partial charge >= 0.3 is 0 Å². The minimum atomic E-state index is -1.71. The van der Waals surface area contributed by atoms with Crippen LogP contribution in [0.25, 0.3) is 16.9 Å². The maximum Gasteiger partial charge on any atom is 0.178 e. The number of likely N-dealkylation sites (tertiary alicyclic amines) is 1. The third-order valence-electron chi connectivity index (χ3n) is 6.73. The molecule has 1 N–H and O–H groups in total. The lowest BCUT2D eigenvalue weighted by atomic mass is 9.86. The van der Waals surface area contributed by atoms with E-state index in [4.69, 9.17) is 9.47 Å². The molecule has 5 rings (SSSR count). The number of anilines is 1. The highest BCUT2D eigenvalue weighted by molar-refractivity contribution is 7.86. The van der Waals surface area contributed by atoms with Crippen molar-refractivity contribution in [3.05, 3.63) is 54.4 Å². The van der Waals surface area contributed by atoms with Gasteiger partial charge in [-0.15, -0.1) is 0 Å². The number of fused-ring (bicyclic) bond motifs is 1. The highest BCUT2D eigenvalue weighted by Crippen LogP contribution is 2.43. The SMILES string of the molecule is COc1cc2ncc(-c3cc(F)c(OC)c(NS(=O)c4cnn(C)c4)c3)n2cc1C1(F)CCN(C)CC1. The quantitative estimate of drug-likeness (QED) is 0.390. The number of ether oxygens (including phenoxy) is 2. The molecule has 3 aromatic heterocycles. The van der Waals surface area contributed by atoms with Crippen molar-refractivity contribution in [3.63, 3.8) is 0 Å². The summed E-state index contributed by atoms with van der Waals surface area (Å²) in [6, 6.07) is 4.63. The number of nitrogens with one attached hydrogen (secondary N) is 1. The van der Waals surface area contributed by atoms with Crippen molar-refractivity contribution in [2.45, 2.75) is 23.4 Å². The summed E-state index contributed by atoms with van der Waals surface area (Å²) in [6.45, 7) is 1.25. The molecule has 0 spiro atoms. The van der Waals surface area contributed by atoms with Gasteiger partial charge in [-0.3, -0.25) is 13.8 Å². The number of benzene rings is 1. The number of hydrogen-bond donors (Lipinski definition) is 1. The van der Waals surface area contributed by atoms with Crippen molar-refractivity contribution in [2.24, 2.45) is 7.05 Å². The van der Waals surface area contributed by atoms with E-state index in [1.807, 2.05) is 7.05 Å². The van der Waals surface area contributed by atoms with Crippen LogP contribution in [0, 0.1) is 5.82 Å². The second-order valence-electron chi connectivity index (χ2n) is 9.16. The molecule has 1 aliphatic rings. The van der Waals surface area contributed by atoms with E-state index >= 15 is 8.78 Å². The summed E-state index contributed by atoms with van der Waals surface area (Å²) in [7, 11) is 4.82. The number of methoxy groups -OCH3 is 2. The smallest absolute Gasteiger partial charge is 0.178 e. The molecule has 4 heterocycles. The number of pyridine rings is 1. The van der Waals surface area contributed by atoms with Crippen molar-refractivity contribution in [1.82, 2.24) is 24.1 Å².